The molecule has 3 heterocycles. The van der Waals surface area contributed by atoms with Gasteiger partial charge in [-0.15, -0.1) is 0 Å². The van der Waals surface area contributed by atoms with Crippen molar-refractivity contribution < 1.29 is 29.3 Å². The monoisotopic (exact) mass is 863 g/mol. The molecular formula is C42H59ClIN3O6. The average molecular weight is 864 g/mol. The van der Waals surface area contributed by atoms with E-state index >= 15 is 0 Å². The van der Waals surface area contributed by atoms with E-state index in [-0.39, 0.29) is 5.69 Å². The van der Waals surface area contributed by atoms with Crippen LogP contribution in [0.5, 0.6) is 11.5 Å². The van der Waals surface area contributed by atoms with Gasteiger partial charge in [0.15, 0.2) is 0 Å². The number of aromatic carboxylic acids is 1. The Balaban J connectivity index is -0.000000179. The van der Waals surface area contributed by atoms with Crippen molar-refractivity contribution in [2.24, 2.45) is 0 Å². The van der Waals surface area contributed by atoms with E-state index in [0.29, 0.717) is 22.9 Å². The zero-order valence-corrected chi connectivity index (χ0v) is 35.9. The lowest BCUT2D eigenvalue weighted by atomic mass is 10.3. The molecule has 9 nitrogen and oxygen atoms in total. The number of carboxylic acid groups (broad SMARTS) is 1. The number of pyridine rings is 3. The number of phenols is 1. The number of carbonyl (C=O) groups excluding carboxylic acids is 2. The van der Waals surface area contributed by atoms with Crippen LogP contribution in [0, 0.1) is 0 Å². The molecular weight excluding hydrogens is 805 g/mol. The first-order valence-electron chi connectivity index (χ1n) is 17.5. The van der Waals surface area contributed by atoms with Gasteiger partial charge in [0, 0.05) is 18.6 Å². The number of nitrogens with zero attached hydrogens (tertiary/aromatic N) is 3. The van der Waals surface area contributed by atoms with Gasteiger partial charge in [0.05, 0.1) is 0 Å². The molecule has 0 saturated heterocycles. The van der Waals surface area contributed by atoms with Gasteiger partial charge >= 0.3 is 11.9 Å². The zero-order chi connectivity index (χ0) is 41.7. The number of hydrogen-bond donors (Lipinski definition) is 2. The Kier molecular flexibility index (Phi) is 51.5. The number of aromatic hydroxyl groups is 1. The van der Waals surface area contributed by atoms with Crippen LogP contribution in [0.3, 0.4) is 0 Å². The molecule has 11 heteroatoms. The Bertz CT molecular complexity index is 1410. The Hall–Kier alpha value is -4.68. The normalized spacial score (nSPS) is 7.79. The molecule has 0 aliphatic carbocycles. The summed E-state index contributed by atoms with van der Waals surface area (Å²) in [4.78, 5) is 43.2. The maximum absolute atomic E-state index is 11.5. The van der Waals surface area contributed by atoms with Gasteiger partial charge in [0.1, 0.15) is 28.6 Å². The molecule has 0 unspecified atom stereocenters. The van der Waals surface area contributed by atoms with Crippen molar-refractivity contribution in [1.82, 2.24) is 15.0 Å². The maximum Gasteiger partial charge on any atom is 0.362 e. The van der Waals surface area contributed by atoms with Crippen LogP contribution in [0.1, 0.15) is 108 Å². The minimum Gasteiger partial charge on any atom is -0.508 e. The third-order valence-electron chi connectivity index (χ3n) is 4.33. The Morgan fingerprint density at radius 3 is 1.13 bits per heavy atom. The van der Waals surface area contributed by atoms with Gasteiger partial charge in [0.25, 0.3) is 5.24 Å². The molecule has 0 spiro atoms. The van der Waals surface area contributed by atoms with Crippen LogP contribution >= 0.6 is 34.2 Å². The van der Waals surface area contributed by atoms with Crippen molar-refractivity contribution in [3.63, 3.8) is 0 Å². The average Bonchev–Trinajstić information content (AvgIpc) is 3.24. The number of esters is 1. The van der Waals surface area contributed by atoms with Crippen molar-refractivity contribution in [1.29, 1.82) is 0 Å². The number of hydrogen-bond acceptors (Lipinski definition) is 8. The number of para-hydroxylation sites is 2. The molecule has 0 aliphatic heterocycles. The highest BCUT2D eigenvalue weighted by molar-refractivity contribution is 14.1. The minimum atomic E-state index is -0.990. The molecule has 0 radical (unpaired) electrons. The maximum atomic E-state index is 11.5. The quantitative estimate of drug-likeness (QED) is 0.0594. The van der Waals surface area contributed by atoms with Crippen molar-refractivity contribution in [3.05, 3.63) is 151 Å². The van der Waals surface area contributed by atoms with Gasteiger partial charge < -0.3 is 14.9 Å². The Morgan fingerprint density at radius 2 is 0.887 bits per heavy atom. The summed E-state index contributed by atoms with van der Waals surface area (Å²) in [6, 6.07) is 32.5. The summed E-state index contributed by atoms with van der Waals surface area (Å²) in [7, 11) is 0. The summed E-state index contributed by atoms with van der Waals surface area (Å²) >= 11 is 7.39. The molecule has 53 heavy (non-hydrogen) atoms. The van der Waals surface area contributed by atoms with E-state index in [0.717, 1.165) is 0 Å². The van der Waals surface area contributed by atoms with Crippen LogP contribution in [0.15, 0.2) is 134 Å². The van der Waals surface area contributed by atoms with Crippen LogP contribution < -0.4 is 4.74 Å². The van der Waals surface area contributed by atoms with E-state index < -0.39 is 17.2 Å². The first kappa shape index (κ1) is 57.7. The molecule has 3 aromatic heterocycles. The second-order valence-corrected chi connectivity index (χ2v) is 9.40. The van der Waals surface area contributed by atoms with Crippen LogP contribution in [0.25, 0.3) is 0 Å². The number of aromatic nitrogens is 3. The predicted molar refractivity (Wildman–Crippen MR) is 231 cm³/mol. The lowest BCUT2D eigenvalue weighted by Gasteiger charge is -2.02. The molecule has 292 valence electrons. The van der Waals surface area contributed by atoms with Gasteiger partial charge in [-0.05, 0) is 76.7 Å². The lowest BCUT2D eigenvalue weighted by Crippen LogP contribution is -2.09. The van der Waals surface area contributed by atoms with Gasteiger partial charge in [-0.25, -0.2) is 19.6 Å². The fourth-order valence-electron chi connectivity index (χ4n) is 2.53. The van der Waals surface area contributed by atoms with E-state index in [2.05, 4.69) is 44.5 Å². The molecule has 2 N–H and O–H groups in total. The third kappa shape index (κ3) is 36.9. The van der Waals surface area contributed by atoms with E-state index in [9.17, 15) is 14.4 Å². The summed E-state index contributed by atoms with van der Waals surface area (Å²) in [5.74, 6) is -0.590. The molecule has 0 bridgehead atoms. The molecule has 0 saturated carbocycles. The van der Waals surface area contributed by atoms with E-state index in [1.54, 1.807) is 103 Å². The fraction of sp³-hybridized carbons (Fsp3) is 0.286. The van der Waals surface area contributed by atoms with Gasteiger partial charge in [-0.2, -0.15) is 0 Å². The highest BCUT2D eigenvalue weighted by Crippen LogP contribution is 2.10. The molecule has 5 aromatic rings. The summed E-state index contributed by atoms with van der Waals surface area (Å²) in [5, 5.41) is 16.4. The van der Waals surface area contributed by atoms with Crippen LogP contribution in [-0.2, 0) is 0 Å². The summed E-state index contributed by atoms with van der Waals surface area (Å²) in [5.41, 5.74) is 0.679. The number of carboxylic acids is 1. The van der Waals surface area contributed by atoms with Gasteiger partial charge in [-0.1, -0.05) is 153 Å². The third-order valence-corrected chi connectivity index (χ3v) is 4.53. The van der Waals surface area contributed by atoms with E-state index in [4.69, 9.17) is 26.6 Å². The molecule has 0 atom stereocenters. The Labute approximate surface area is 337 Å². The standard InChI is InChI=1S/C12H9NO2.C6H4ClNO.C6H5NO2.C6H6O.C2H5I.5C2H6/c14-12(11-8-4-5-9-13-11)15-10-6-2-1-3-7-10;7-6(9)5-3-1-2-4-8-5;8-6(9)5-3-1-2-4-7-5;7-6-4-2-1-3-5-6;1-2-3;5*1-2/h1-9H;1-4H;1-4H,(H,8,9);1-5,7H;2H2,1H3;5*1-2H3. The number of carbonyl (C=O) groups is 3. The van der Waals surface area contributed by atoms with Crippen LogP contribution in [0.4, 0.5) is 0 Å². The highest BCUT2D eigenvalue weighted by Gasteiger charge is 2.08. The summed E-state index contributed by atoms with van der Waals surface area (Å²) in [6.45, 7) is 22.1. The number of alkyl halides is 1. The molecule has 5 rings (SSSR count). The molecule has 0 fully saturated rings. The molecule has 0 amide bonds. The SMILES string of the molecule is CC.CC.CC.CC.CC.CCI.O=C(Cl)c1ccccn1.O=C(O)c1ccccn1.O=C(Oc1ccccc1)c1ccccn1.Oc1ccccc1. The molecule has 0 aliphatic rings. The van der Waals surface area contributed by atoms with Crippen molar-refractivity contribution in [3.8, 4) is 11.5 Å². The second kappa shape index (κ2) is 47.3. The van der Waals surface area contributed by atoms with Crippen LogP contribution in [0.2, 0.25) is 0 Å². The van der Waals surface area contributed by atoms with E-state index in [1.807, 2.05) is 81.4 Å². The highest BCUT2D eigenvalue weighted by atomic mass is 127. The van der Waals surface area contributed by atoms with E-state index in [1.165, 1.54) is 22.9 Å². The summed E-state index contributed by atoms with van der Waals surface area (Å²) in [6.07, 6.45) is 4.53. The molecule has 2 aromatic carbocycles. The van der Waals surface area contributed by atoms with Gasteiger partial charge in [-0.3, -0.25) is 9.78 Å². The number of benzene rings is 2. The predicted octanol–water partition coefficient (Wildman–Crippen LogP) is 12.5. The largest absolute Gasteiger partial charge is 0.508 e. The minimum absolute atomic E-state index is 0.0810. The zero-order valence-electron chi connectivity index (χ0n) is 33.0. The summed E-state index contributed by atoms with van der Waals surface area (Å²) < 4.78 is 6.32. The number of halogens is 2. The van der Waals surface area contributed by atoms with Crippen LogP contribution in [-0.4, -0.2) is 46.8 Å². The van der Waals surface area contributed by atoms with Crippen molar-refractivity contribution in [2.45, 2.75) is 76.2 Å². The number of rotatable bonds is 4. The van der Waals surface area contributed by atoms with Crippen molar-refractivity contribution in [2.75, 3.05) is 4.43 Å². The smallest absolute Gasteiger partial charge is 0.362 e. The van der Waals surface area contributed by atoms with Crippen molar-refractivity contribution >= 4 is 51.4 Å². The fourth-order valence-corrected chi connectivity index (χ4v) is 2.64. The number of ether oxygens (including phenoxy) is 1. The number of phenolic OH excluding ortho intramolecular Hbond substituents is 1. The second-order valence-electron chi connectivity index (χ2n) is 7.53. The lowest BCUT2D eigenvalue weighted by molar-refractivity contribution is 0.0688. The Morgan fingerprint density at radius 1 is 0.566 bits per heavy atom. The van der Waals surface area contributed by atoms with Gasteiger partial charge in [0.2, 0.25) is 0 Å². The first-order valence-corrected chi connectivity index (χ1v) is 19.4. The topological polar surface area (TPSA) is 140 Å². The first-order chi connectivity index (χ1) is 25.8.